The van der Waals surface area contributed by atoms with Crippen LogP contribution in [-0.4, -0.2) is 19.3 Å². The molecular weight excluding hydrogens is 272 g/mol. The molecule has 0 saturated carbocycles. The highest BCUT2D eigenvalue weighted by Gasteiger charge is 2.19. The zero-order chi connectivity index (χ0) is 15.1. The average Bonchev–Trinajstić information content (AvgIpc) is 2.99. The third-order valence-corrected chi connectivity index (χ3v) is 4.04. The predicted octanol–water partition coefficient (Wildman–Crippen LogP) is 4.35. The largest absolute Gasteiger partial charge is 0.378 e. The third-order valence-electron chi connectivity index (χ3n) is 4.04. The van der Waals surface area contributed by atoms with Gasteiger partial charge in [-0.15, -0.1) is 0 Å². The third kappa shape index (κ3) is 4.75. The molecule has 0 aromatic heterocycles. The first-order chi connectivity index (χ1) is 10.2. The zero-order valence-corrected chi connectivity index (χ0v) is 12.7. The number of hydrogen-bond acceptors (Lipinski definition) is 2. The van der Waals surface area contributed by atoms with Crippen LogP contribution in [0.2, 0.25) is 0 Å². The smallest absolute Gasteiger partial charge is 0.163 e. The van der Waals surface area contributed by atoms with E-state index in [0.29, 0.717) is 11.7 Å². The Morgan fingerprint density at radius 3 is 2.95 bits per heavy atom. The maximum Gasteiger partial charge on any atom is 0.163 e. The molecule has 0 radical (unpaired) electrons. The van der Waals surface area contributed by atoms with Crippen LogP contribution in [0, 0.1) is 11.6 Å². The van der Waals surface area contributed by atoms with Crippen LogP contribution in [0.1, 0.15) is 57.1 Å². The predicted molar refractivity (Wildman–Crippen MR) is 80.2 cm³/mol. The molecule has 1 aliphatic rings. The van der Waals surface area contributed by atoms with Crippen LogP contribution in [0.3, 0.4) is 0 Å². The first-order valence-corrected chi connectivity index (χ1v) is 8.01. The Hall–Kier alpha value is -1.00. The second-order valence-corrected chi connectivity index (χ2v) is 5.72. The molecule has 118 valence electrons. The minimum atomic E-state index is -0.769. The van der Waals surface area contributed by atoms with Crippen molar-refractivity contribution in [3.05, 3.63) is 35.4 Å². The number of hydrogen-bond donors (Lipinski definition) is 1. The van der Waals surface area contributed by atoms with Crippen molar-refractivity contribution in [1.82, 2.24) is 5.32 Å². The van der Waals surface area contributed by atoms with E-state index in [0.717, 1.165) is 51.7 Å². The minimum absolute atomic E-state index is 0.123. The Balaban J connectivity index is 1.94. The van der Waals surface area contributed by atoms with Gasteiger partial charge in [-0.1, -0.05) is 19.1 Å². The summed E-state index contributed by atoms with van der Waals surface area (Å²) in [5, 5.41) is 3.33. The molecule has 0 aliphatic carbocycles. The Morgan fingerprint density at radius 2 is 2.24 bits per heavy atom. The average molecular weight is 297 g/mol. The van der Waals surface area contributed by atoms with E-state index < -0.39 is 11.6 Å². The Kier molecular flexibility index (Phi) is 6.58. The van der Waals surface area contributed by atoms with Crippen LogP contribution in [0.5, 0.6) is 0 Å². The van der Waals surface area contributed by atoms with Gasteiger partial charge < -0.3 is 10.1 Å². The van der Waals surface area contributed by atoms with Gasteiger partial charge in [0.2, 0.25) is 0 Å². The van der Waals surface area contributed by atoms with Gasteiger partial charge in [0.15, 0.2) is 11.6 Å². The highest BCUT2D eigenvalue weighted by Crippen LogP contribution is 2.26. The summed E-state index contributed by atoms with van der Waals surface area (Å²) < 4.78 is 33.0. The highest BCUT2D eigenvalue weighted by atomic mass is 19.2. The topological polar surface area (TPSA) is 21.3 Å². The van der Waals surface area contributed by atoms with Gasteiger partial charge in [-0.05, 0) is 51.1 Å². The van der Waals surface area contributed by atoms with Gasteiger partial charge in [0.05, 0.1) is 6.10 Å². The van der Waals surface area contributed by atoms with Gasteiger partial charge in [-0.3, -0.25) is 0 Å². The van der Waals surface area contributed by atoms with E-state index in [2.05, 4.69) is 12.2 Å². The lowest BCUT2D eigenvalue weighted by Crippen LogP contribution is -2.23. The van der Waals surface area contributed by atoms with Crippen LogP contribution >= 0.6 is 0 Å². The second-order valence-electron chi connectivity index (χ2n) is 5.72. The van der Waals surface area contributed by atoms with Crippen LogP contribution < -0.4 is 5.32 Å². The van der Waals surface area contributed by atoms with Gasteiger partial charge in [0, 0.05) is 18.2 Å². The summed E-state index contributed by atoms with van der Waals surface area (Å²) in [6.07, 6.45) is 6.36. The number of halogens is 2. The van der Waals surface area contributed by atoms with E-state index in [1.165, 1.54) is 6.07 Å². The van der Waals surface area contributed by atoms with E-state index in [1.807, 2.05) is 0 Å². The van der Waals surface area contributed by atoms with Crippen molar-refractivity contribution in [1.29, 1.82) is 0 Å². The van der Waals surface area contributed by atoms with E-state index in [4.69, 9.17) is 4.74 Å². The fourth-order valence-electron chi connectivity index (χ4n) is 2.90. The number of benzene rings is 1. The monoisotopic (exact) mass is 297 g/mol. The SMILES string of the molecule is CCCNC(CCCC1CCCO1)c1cccc(F)c1F. The van der Waals surface area contributed by atoms with Gasteiger partial charge in [-0.25, -0.2) is 8.78 Å². The van der Waals surface area contributed by atoms with Crippen molar-refractivity contribution >= 4 is 0 Å². The second kappa shape index (κ2) is 8.44. The van der Waals surface area contributed by atoms with Crippen LogP contribution in [0.15, 0.2) is 18.2 Å². The molecule has 0 bridgehead atoms. The van der Waals surface area contributed by atoms with Crippen molar-refractivity contribution in [2.75, 3.05) is 13.2 Å². The van der Waals surface area contributed by atoms with Gasteiger partial charge >= 0.3 is 0 Å². The van der Waals surface area contributed by atoms with E-state index in [9.17, 15) is 8.78 Å². The normalized spacial score (nSPS) is 19.9. The Labute approximate surface area is 125 Å². The van der Waals surface area contributed by atoms with Crippen LogP contribution in [-0.2, 0) is 4.74 Å². The summed E-state index contributed by atoms with van der Waals surface area (Å²) in [6, 6.07) is 4.30. The standard InChI is InChI=1S/C17H25F2NO/c1-2-11-20-16(10-3-6-13-7-5-12-21-13)14-8-4-9-15(18)17(14)19/h4,8-9,13,16,20H,2-3,5-7,10-12H2,1H3. The molecule has 4 heteroatoms. The summed E-state index contributed by atoms with van der Waals surface area (Å²) in [6.45, 7) is 3.74. The molecule has 2 rings (SSSR count). The maximum absolute atomic E-state index is 14.0. The molecule has 2 unspecified atom stereocenters. The first kappa shape index (κ1) is 16.4. The van der Waals surface area contributed by atoms with Crippen molar-refractivity contribution in [3.8, 4) is 0 Å². The number of nitrogens with one attached hydrogen (secondary N) is 1. The Bertz CT molecular complexity index is 433. The highest BCUT2D eigenvalue weighted by molar-refractivity contribution is 5.22. The maximum atomic E-state index is 14.0. The summed E-state index contributed by atoms with van der Waals surface area (Å²) in [5.74, 6) is -1.49. The molecule has 2 atom stereocenters. The molecule has 0 amide bonds. The molecule has 1 aliphatic heterocycles. The van der Waals surface area contributed by atoms with Crippen LogP contribution in [0.25, 0.3) is 0 Å². The fourth-order valence-corrected chi connectivity index (χ4v) is 2.90. The molecule has 1 aromatic rings. The summed E-state index contributed by atoms with van der Waals surface area (Å²) >= 11 is 0. The number of ether oxygens (including phenoxy) is 1. The molecular formula is C17H25F2NO. The fraction of sp³-hybridized carbons (Fsp3) is 0.647. The Morgan fingerprint density at radius 1 is 1.38 bits per heavy atom. The summed E-state index contributed by atoms with van der Waals surface area (Å²) in [7, 11) is 0. The molecule has 1 N–H and O–H groups in total. The van der Waals surface area contributed by atoms with Crippen LogP contribution in [0.4, 0.5) is 8.78 Å². The lowest BCUT2D eigenvalue weighted by atomic mass is 9.98. The molecule has 1 heterocycles. The molecule has 21 heavy (non-hydrogen) atoms. The lowest BCUT2D eigenvalue weighted by Gasteiger charge is -2.20. The van der Waals surface area contributed by atoms with Crippen molar-refractivity contribution < 1.29 is 13.5 Å². The minimum Gasteiger partial charge on any atom is -0.378 e. The van der Waals surface area contributed by atoms with E-state index >= 15 is 0 Å². The summed E-state index contributed by atoms with van der Waals surface area (Å²) in [4.78, 5) is 0. The number of rotatable bonds is 8. The van der Waals surface area contributed by atoms with Crippen molar-refractivity contribution in [2.45, 2.75) is 57.6 Å². The van der Waals surface area contributed by atoms with Gasteiger partial charge in [0.25, 0.3) is 0 Å². The first-order valence-electron chi connectivity index (χ1n) is 8.01. The molecule has 2 nitrogen and oxygen atoms in total. The summed E-state index contributed by atoms with van der Waals surface area (Å²) in [5.41, 5.74) is 0.441. The van der Waals surface area contributed by atoms with Gasteiger partial charge in [0.1, 0.15) is 0 Å². The molecule has 1 aromatic carbocycles. The molecule has 0 spiro atoms. The molecule has 1 fully saturated rings. The van der Waals surface area contributed by atoms with Crippen molar-refractivity contribution in [3.63, 3.8) is 0 Å². The van der Waals surface area contributed by atoms with E-state index in [1.54, 1.807) is 12.1 Å². The van der Waals surface area contributed by atoms with E-state index in [-0.39, 0.29) is 6.04 Å². The molecule has 1 saturated heterocycles. The lowest BCUT2D eigenvalue weighted by molar-refractivity contribution is 0.101. The zero-order valence-electron chi connectivity index (χ0n) is 12.7. The van der Waals surface area contributed by atoms with Gasteiger partial charge in [-0.2, -0.15) is 0 Å². The van der Waals surface area contributed by atoms with Crippen molar-refractivity contribution in [2.24, 2.45) is 0 Å². The quantitative estimate of drug-likeness (QED) is 0.770.